The van der Waals surface area contributed by atoms with E-state index in [1.807, 2.05) is 54.6 Å². The predicted octanol–water partition coefficient (Wildman–Crippen LogP) is 3.10. The second-order valence-electron chi connectivity index (χ2n) is 6.51. The molecule has 3 N–H and O–H groups in total. The van der Waals surface area contributed by atoms with Gasteiger partial charge in [-0.05, 0) is 24.6 Å². The van der Waals surface area contributed by atoms with Crippen molar-refractivity contribution in [3.8, 4) is 11.3 Å². The van der Waals surface area contributed by atoms with Crippen LogP contribution in [0.2, 0.25) is 0 Å². The summed E-state index contributed by atoms with van der Waals surface area (Å²) in [5.74, 6) is 0.352. The summed E-state index contributed by atoms with van der Waals surface area (Å²) in [5.41, 5.74) is 3.26. The molecular formula is C21H19N5O2. The molecule has 0 saturated carbocycles. The molecule has 2 amide bonds. The molecule has 0 radical (unpaired) electrons. The van der Waals surface area contributed by atoms with Crippen molar-refractivity contribution in [1.82, 2.24) is 15.3 Å². The topological polar surface area (TPSA) is 96.0 Å². The maximum atomic E-state index is 12.3. The van der Waals surface area contributed by atoms with Gasteiger partial charge in [0.25, 0.3) is 0 Å². The molecule has 0 spiro atoms. The van der Waals surface area contributed by atoms with Crippen LogP contribution in [0.5, 0.6) is 0 Å². The minimum atomic E-state index is -0.473. The number of carbonyl (C=O) groups excluding carboxylic acids is 2. The van der Waals surface area contributed by atoms with Crippen LogP contribution in [-0.2, 0) is 9.59 Å². The fraction of sp³-hybridized carbons (Fsp3) is 0.143. The van der Waals surface area contributed by atoms with E-state index >= 15 is 0 Å². The maximum Gasteiger partial charge on any atom is 0.246 e. The molecule has 2 heterocycles. The Bertz CT molecular complexity index is 1010. The number of rotatable bonds is 5. The summed E-state index contributed by atoms with van der Waals surface area (Å²) in [6.45, 7) is 0. The number of aromatic nitrogens is 2. The summed E-state index contributed by atoms with van der Waals surface area (Å²) in [4.78, 5) is 32.1. The van der Waals surface area contributed by atoms with Crippen LogP contribution >= 0.6 is 0 Å². The molecule has 0 bridgehead atoms. The molecule has 7 heteroatoms. The summed E-state index contributed by atoms with van der Waals surface area (Å²) in [6.07, 6.45) is 2.42. The van der Waals surface area contributed by atoms with Crippen LogP contribution in [0.3, 0.4) is 0 Å². The summed E-state index contributed by atoms with van der Waals surface area (Å²) in [7, 11) is 0. The Morgan fingerprint density at radius 1 is 1.00 bits per heavy atom. The average Bonchev–Trinajstić information content (AvgIpc) is 3.16. The smallest absolute Gasteiger partial charge is 0.246 e. The number of nitrogens with zero attached hydrogens (tertiary/aromatic N) is 2. The lowest BCUT2D eigenvalue weighted by Crippen LogP contribution is -2.37. The van der Waals surface area contributed by atoms with E-state index < -0.39 is 6.04 Å². The van der Waals surface area contributed by atoms with Crippen LogP contribution in [0.25, 0.3) is 11.3 Å². The van der Waals surface area contributed by atoms with E-state index in [-0.39, 0.29) is 11.8 Å². The van der Waals surface area contributed by atoms with Gasteiger partial charge in [0.2, 0.25) is 11.8 Å². The van der Waals surface area contributed by atoms with Crippen LogP contribution < -0.4 is 16.0 Å². The highest BCUT2D eigenvalue weighted by atomic mass is 16.2. The average molecular weight is 373 g/mol. The van der Waals surface area contributed by atoms with Crippen molar-refractivity contribution in [1.29, 1.82) is 0 Å². The first-order valence-electron chi connectivity index (χ1n) is 9.02. The van der Waals surface area contributed by atoms with Crippen molar-refractivity contribution in [2.45, 2.75) is 18.9 Å². The number of anilines is 3. The summed E-state index contributed by atoms with van der Waals surface area (Å²) in [5, 5.41) is 8.74. The van der Waals surface area contributed by atoms with Gasteiger partial charge in [-0.15, -0.1) is 0 Å². The zero-order chi connectivity index (χ0) is 19.3. The van der Waals surface area contributed by atoms with E-state index in [2.05, 4.69) is 25.9 Å². The number of benzene rings is 2. The molecule has 140 valence electrons. The predicted molar refractivity (Wildman–Crippen MR) is 107 cm³/mol. The van der Waals surface area contributed by atoms with Gasteiger partial charge in [-0.1, -0.05) is 36.4 Å². The molecule has 1 aromatic heterocycles. The molecule has 28 heavy (non-hydrogen) atoms. The first-order chi connectivity index (χ1) is 13.7. The van der Waals surface area contributed by atoms with Gasteiger partial charge in [0.1, 0.15) is 18.2 Å². The Kier molecular flexibility index (Phi) is 4.97. The standard InChI is InChI=1S/C21H19N5O2/c27-20-10-9-17(26-20)21(28)25-16-8-4-7-15(11-16)24-19-12-18(22-13-23-19)14-5-2-1-3-6-14/h1-8,11-13,17H,9-10H2,(H,25,28)(H,26,27)(H,22,23,24). The SMILES string of the molecule is O=C1CCC(C(=O)Nc2cccc(Nc3cc(-c4ccccc4)ncn3)c2)N1. The molecule has 1 saturated heterocycles. The van der Waals surface area contributed by atoms with E-state index in [4.69, 9.17) is 0 Å². The number of nitrogens with one attached hydrogen (secondary N) is 3. The number of amides is 2. The van der Waals surface area contributed by atoms with E-state index in [9.17, 15) is 9.59 Å². The summed E-state index contributed by atoms with van der Waals surface area (Å²) >= 11 is 0. The molecule has 0 aliphatic carbocycles. The molecule has 1 fully saturated rings. The lowest BCUT2D eigenvalue weighted by Gasteiger charge is -2.12. The zero-order valence-corrected chi connectivity index (χ0v) is 15.1. The molecule has 1 unspecified atom stereocenters. The van der Waals surface area contributed by atoms with Gasteiger partial charge in [-0.2, -0.15) is 0 Å². The van der Waals surface area contributed by atoms with E-state index in [0.717, 1.165) is 16.9 Å². The second kappa shape index (κ2) is 7.87. The van der Waals surface area contributed by atoms with E-state index in [0.29, 0.717) is 24.3 Å². The normalized spacial score (nSPS) is 15.7. The highest BCUT2D eigenvalue weighted by molar-refractivity contribution is 5.99. The highest BCUT2D eigenvalue weighted by Gasteiger charge is 2.27. The van der Waals surface area contributed by atoms with Crippen molar-refractivity contribution >= 4 is 29.0 Å². The minimum absolute atomic E-state index is 0.0893. The van der Waals surface area contributed by atoms with Gasteiger partial charge >= 0.3 is 0 Å². The van der Waals surface area contributed by atoms with Crippen molar-refractivity contribution in [2.75, 3.05) is 10.6 Å². The quantitative estimate of drug-likeness (QED) is 0.639. The number of carbonyl (C=O) groups is 2. The van der Waals surface area contributed by atoms with Gasteiger partial charge in [0, 0.05) is 29.4 Å². The van der Waals surface area contributed by atoms with Crippen LogP contribution in [0.1, 0.15) is 12.8 Å². The number of hydrogen-bond acceptors (Lipinski definition) is 5. The lowest BCUT2D eigenvalue weighted by molar-refractivity contribution is -0.122. The minimum Gasteiger partial charge on any atom is -0.344 e. The third-order valence-corrected chi connectivity index (χ3v) is 4.45. The Morgan fingerprint density at radius 3 is 2.61 bits per heavy atom. The largest absolute Gasteiger partial charge is 0.344 e. The summed E-state index contributed by atoms with van der Waals surface area (Å²) in [6, 6.07) is 18.6. The van der Waals surface area contributed by atoms with Gasteiger partial charge < -0.3 is 16.0 Å². The van der Waals surface area contributed by atoms with Crippen molar-refractivity contribution in [3.05, 3.63) is 67.0 Å². The number of hydrogen-bond donors (Lipinski definition) is 3. The third kappa shape index (κ3) is 4.15. The molecule has 2 aromatic carbocycles. The second-order valence-corrected chi connectivity index (χ2v) is 6.51. The molecule has 1 aliphatic heterocycles. The maximum absolute atomic E-state index is 12.3. The summed E-state index contributed by atoms with van der Waals surface area (Å²) < 4.78 is 0. The van der Waals surface area contributed by atoms with Crippen LogP contribution in [0.15, 0.2) is 67.0 Å². The molecular weight excluding hydrogens is 354 g/mol. The zero-order valence-electron chi connectivity index (χ0n) is 15.1. The van der Waals surface area contributed by atoms with Gasteiger partial charge in [-0.3, -0.25) is 9.59 Å². The van der Waals surface area contributed by atoms with Crippen LogP contribution in [0.4, 0.5) is 17.2 Å². The van der Waals surface area contributed by atoms with Crippen molar-refractivity contribution in [2.24, 2.45) is 0 Å². The fourth-order valence-electron chi connectivity index (χ4n) is 3.06. The Labute approximate surface area is 162 Å². The van der Waals surface area contributed by atoms with Crippen LogP contribution in [0, 0.1) is 0 Å². The molecule has 1 atom stereocenters. The molecule has 1 aliphatic rings. The van der Waals surface area contributed by atoms with Crippen LogP contribution in [-0.4, -0.2) is 27.8 Å². The Hall–Kier alpha value is -3.74. The lowest BCUT2D eigenvalue weighted by atomic mass is 10.1. The highest BCUT2D eigenvalue weighted by Crippen LogP contribution is 2.23. The van der Waals surface area contributed by atoms with Crippen molar-refractivity contribution < 1.29 is 9.59 Å². The van der Waals surface area contributed by atoms with E-state index in [1.54, 1.807) is 6.07 Å². The van der Waals surface area contributed by atoms with Gasteiger partial charge in [0.15, 0.2) is 0 Å². The first-order valence-corrected chi connectivity index (χ1v) is 9.02. The fourth-order valence-corrected chi connectivity index (χ4v) is 3.06. The molecule has 3 aromatic rings. The Morgan fingerprint density at radius 2 is 1.82 bits per heavy atom. The van der Waals surface area contributed by atoms with E-state index in [1.165, 1.54) is 6.33 Å². The molecule has 7 nitrogen and oxygen atoms in total. The third-order valence-electron chi connectivity index (χ3n) is 4.45. The van der Waals surface area contributed by atoms with Crippen molar-refractivity contribution in [3.63, 3.8) is 0 Å². The van der Waals surface area contributed by atoms with Gasteiger partial charge in [0.05, 0.1) is 5.69 Å². The Balaban J connectivity index is 1.46. The first kappa shape index (κ1) is 17.7. The monoisotopic (exact) mass is 373 g/mol. The van der Waals surface area contributed by atoms with Gasteiger partial charge in [-0.25, -0.2) is 9.97 Å². The molecule has 4 rings (SSSR count).